The van der Waals surface area contributed by atoms with Crippen LogP contribution < -0.4 is 5.32 Å². The molecular weight excluding hydrogens is 196 g/mol. The molecule has 2 unspecified atom stereocenters. The molecule has 1 aliphatic rings. The Hall–Kier alpha value is -0.340. The fraction of sp³-hybridized carbons (Fsp3) is 0.857. The van der Waals surface area contributed by atoms with Crippen molar-refractivity contribution in [1.82, 2.24) is 10.2 Å². The lowest BCUT2D eigenvalue weighted by atomic mass is 9.98. The highest BCUT2D eigenvalue weighted by molar-refractivity contribution is 4.85. The molecule has 0 aliphatic carbocycles. The molecule has 1 heterocycles. The van der Waals surface area contributed by atoms with Crippen molar-refractivity contribution in [2.24, 2.45) is 0 Å². The quantitative estimate of drug-likeness (QED) is 0.698. The monoisotopic (exact) mass is 224 g/mol. The van der Waals surface area contributed by atoms with E-state index in [1.165, 1.54) is 45.3 Å². The Bertz CT molecular complexity index is 201. The van der Waals surface area contributed by atoms with Crippen LogP contribution in [0.1, 0.15) is 46.5 Å². The molecule has 0 saturated carbocycles. The number of rotatable bonds is 6. The number of nitrogens with one attached hydrogen (secondary N) is 1. The average Bonchev–Trinajstić information content (AvgIpc) is 2.29. The minimum Gasteiger partial charge on any atom is -0.314 e. The molecule has 0 aromatic heterocycles. The molecule has 2 heteroatoms. The van der Waals surface area contributed by atoms with Crippen LogP contribution in [0.25, 0.3) is 0 Å². The van der Waals surface area contributed by atoms with Gasteiger partial charge >= 0.3 is 0 Å². The molecule has 0 radical (unpaired) electrons. The van der Waals surface area contributed by atoms with Crippen molar-refractivity contribution in [2.75, 3.05) is 19.6 Å². The Morgan fingerprint density at radius 3 is 2.88 bits per heavy atom. The second kappa shape index (κ2) is 7.86. The summed E-state index contributed by atoms with van der Waals surface area (Å²) in [5.74, 6) is 0. The molecule has 2 nitrogen and oxygen atoms in total. The van der Waals surface area contributed by atoms with Gasteiger partial charge in [-0.2, -0.15) is 0 Å². The molecular formula is C14H28N2. The summed E-state index contributed by atoms with van der Waals surface area (Å²) in [4.78, 5) is 2.63. The van der Waals surface area contributed by atoms with Crippen LogP contribution in [0.3, 0.4) is 0 Å². The van der Waals surface area contributed by atoms with Gasteiger partial charge in [-0.05, 0) is 52.6 Å². The van der Waals surface area contributed by atoms with Gasteiger partial charge < -0.3 is 10.2 Å². The molecule has 1 N–H and O–H groups in total. The summed E-state index contributed by atoms with van der Waals surface area (Å²) in [6, 6.07) is 1.50. The number of nitrogens with zero attached hydrogens (tertiary/aromatic N) is 1. The first-order valence-corrected chi connectivity index (χ1v) is 6.86. The van der Waals surface area contributed by atoms with E-state index < -0.39 is 0 Å². The largest absolute Gasteiger partial charge is 0.314 e. The Kier molecular flexibility index (Phi) is 6.74. The van der Waals surface area contributed by atoms with Gasteiger partial charge in [0.25, 0.3) is 0 Å². The summed E-state index contributed by atoms with van der Waals surface area (Å²) in [5.41, 5.74) is 0. The third-order valence-electron chi connectivity index (χ3n) is 3.52. The smallest absolute Gasteiger partial charge is 0.00940 e. The fourth-order valence-electron chi connectivity index (χ4n) is 2.49. The molecule has 0 amide bonds. The van der Waals surface area contributed by atoms with Gasteiger partial charge in [0.1, 0.15) is 0 Å². The molecule has 94 valence electrons. The van der Waals surface area contributed by atoms with Crippen molar-refractivity contribution >= 4 is 0 Å². The summed E-state index contributed by atoms with van der Waals surface area (Å²) in [5, 5.41) is 3.65. The Balaban J connectivity index is 2.23. The zero-order valence-electron chi connectivity index (χ0n) is 11.2. The zero-order valence-corrected chi connectivity index (χ0v) is 11.2. The zero-order chi connectivity index (χ0) is 11.8. The van der Waals surface area contributed by atoms with Gasteiger partial charge in [0, 0.05) is 18.6 Å². The van der Waals surface area contributed by atoms with Crippen molar-refractivity contribution in [1.29, 1.82) is 0 Å². The first kappa shape index (κ1) is 13.7. The summed E-state index contributed by atoms with van der Waals surface area (Å²) in [7, 11) is 0. The maximum atomic E-state index is 3.65. The van der Waals surface area contributed by atoms with Gasteiger partial charge in [0.15, 0.2) is 0 Å². The topological polar surface area (TPSA) is 15.3 Å². The normalized spacial score (nSPS) is 27.7. The molecule has 1 aliphatic heterocycles. The van der Waals surface area contributed by atoms with Crippen LogP contribution in [-0.4, -0.2) is 36.6 Å². The molecule has 2 atom stereocenters. The molecule has 0 aromatic rings. The lowest BCUT2D eigenvalue weighted by Gasteiger charge is -2.38. The summed E-state index contributed by atoms with van der Waals surface area (Å²) >= 11 is 0. The number of hydrogen-bond acceptors (Lipinski definition) is 2. The van der Waals surface area contributed by atoms with E-state index in [-0.39, 0.29) is 0 Å². The van der Waals surface area contributed by atoms with E-state index in [9.17, 15) is 0 Å². The van der Waals surface area contributed by atoms with E-state index in [0.717, 1.165) is 12.1 Å². The van der Waals surface area contributed by atoms with Crippen molar-refractivity contribution < 1.29 is 0 Å². The van der Waals surface area contributed by atoms with Crippen LogP contribution in [0.4, 0.5) is 0 Å². The van der Waals surface area contributed by atoms with Crippen molar-refractivity contribution in [3.63, 3.8) is 0 Å². The van der Waals surface area contributed by atoms with Crippen LogP contribution in [0, 0.1) is 0 Å². The van der Waals surface area contributed by atoms with E-state index in [0.29, 0.717) is 0 Å². The second-order valence-corrected chi connectivity index (χ2v) is 4.92. The van der Waals surface area contributed by atoms with Gasteiger partial charge in [-0.1, -0.05) is 19.1 Å². The van der Waals surface area contributed by atoms with Gasteiger partial charge in [0.2, 0.25) is 0 Å². The van der Waals surface area contributed by atoms with E-state index in [1.807, 2.05) is 0 Å². The lowest BCUT2D eigenvalue weighted by molar-refractivity contribution is 0.138. The Morgan fingerprint density at radius 1 is 1.44 bits per heavy atom. The van der Waals surface area contributed by atoms with Crippen molar-refractivity contribution in [3.05, 3.63) is 12.2 Å². The molecule has 1 rings (SSSR count). The number of hydrogen-bond donors (Lipinski definition) is 1. The van der Waals surface area contributed by atoms with Gasteiger partial charge in [-0.3, -0.25) is 0 Å². The number of allylic oxidation sites excluding steroid dienone is 1. The highest BCUT2D eigenvalue weighted by atomic mass is 15.2. The van der Waals surface area contributed by atoms with Gasteiger partial charge in [0.05, 0.1) is 0 Å². The lowest BCUT2D eigenvalue weighted by Crippen LogP contribution is -2.47. The number of likely N-dealkylation sites (tertiary alicyclic amines) is 1. The molecule has 1 fully saturated rings. The summed E-state index contributed by atoms with van der Waals surface area (Å²) in [6.45, 7) is 10.4. The van der Waals surface area contributed by atoms with Crippen LogP contribution in [0.5, 0.6) is 0 Å². The predicted molar refractivity (Wildman–Crippen MR) is 71.8 cm³/mol. The van der Waals surface area contributed by atoms with Crippen LogP contribution in [-0.2, 0) is 0 Å². The van der Waals surface area contributed by atoms with Crippen LogP contribution in [0.2, 0.25) is 0 Å². The molecule has 0 spiro atoms. The minimum atomic E-state index is 0.744. The molecule has 16 heavy (non-hydrogen) atoms. The van der Waals surface area contributed by atoms with Crippen LogP contribution in [0.15, 0.2) is 12.2 Å². The van der Waals surface area contributed by atoms with Crippen LogP contribution >= 0.6 is 0 Å². The Labute approximate surface area is 101 Å². The summed E-state index contributed by atoms with van der Waals surface area (Å²) in [6.07, 6.45) is 9.51. The maximum absolute atomic E-state index is 3.65. The predicted octanol–water partition coefficient (Wildman–Crippen LogP) is 2.81. The van der Waals surface area contributed by atoms with E-state index in [4.69, 9.17) is 0 Å². The minimum absolute atomic E-state index is 0.744. The van der Waals surface area contributed by atoms with E-state index >= 15 is 0 Å². The third kappa shape index (κ3) is 4.67. The average molecular weight is 224 g/mol. The fourth-order valence-corrected chi connectivity index (χ4v) is 2.49. The second-order valence-electron chi connectivity index (χ2n) is 4.92. The third-order valence-corrected chi connectivity index (χ3v) is 3.52. The Morgan fingerprint density at radius 2 is 2.25 bits per heavy atom. The summed E-state index contributed by atoms with van der Waals surface area (Å²) < 4.78 is 0. The SMILES string of the molecule is C/C=C/CCN1CCC(NCCC)CC1C. The highest BCUT2D eigenvalue weighted by Crippen LogP contribution is 2.17. The molecule has 1 saturated heterocycles. The molecule has 0 bridgehead atoms. The maximum Gasteiger partial charge on any atom is 0.00940 e. The van der Waals surface area contributed by atoms with Crippen molar-refractivity contribution in [2.45, 2.75) is 58.5 Å². The standard InChI is InChI=1S/C14H28N2/c1-4-6-7-10-16-11-8-14(12-13(16)3)15-9-5-2/h4,6,13-15H,5,7-12H2,1-3H3/b6-4+. The van der Waals surface area contributed by atoms with E-state index in [2.05, 4.69) is 43.1 Å². The molecule has 0 aromatic carbocycles. The highest BCUT2D eigenvalue weighted by Gasteiger charge is 2.23. The number of piperidine rings is 1. The van der Waals surface area contributed by atoms with Gasteiger partial charge in [-0.25, -0.2) is 0 Å². The van der Waals surface area contributed by atoms with E-state index in [1.54, 1.807) is 0 Å². The van der Waals surface area contributed by atoms with Gasteiger partial charge in [-0.15, -0.1) is 0 Å². The first-order chi connectivity index (χ1) is 7.77. The van der Waals surface area contributed by atoms with Crippen molar-refractivity contribution in [3.8, 4) is 0 Å². The first-order valence-electron chi connectivity index (χ1n) is 6.86.